The first kappa shape index (κ1) is 20.1. The molecule has 2 aromatic carbocycles. The lowest BCUT2D eigenvalue weighted by atomic mass is 10.0. The van der Waals surface area contributed by atoms with E-state index >= 15 is 0 Å². The van der Waals surface area contributed by atoms with Crippen LogP contribution in [-0.2, 0) is 11.2 Å². The Kier molecular flexibility index (Phi) is 5.98. The molecule has 0 saturated carbocycles. The van der Waals surface area contributed by atoms with Gasteiger partial charge in [-0.2, -0.15) is 5.10 Å². The lowest BCUT2D eigenvalue weighted by Crippen LogP contribution is -2.24. The van der Waals surface area contributed by atoms with Gasteiger partial charge in [-0.3, -0.25) is 5.43 Å². The largest absolute Gasteiger partial charge is 0.550 e. The number of ether oxygens (including phenoxy) is 1. The van der Waals surface area contributed by atoms with Gasteiger partial charge in [0.05, 0.1) is 12.8 Å². The standard InChI is InChI=1S/C17H13F5N2O3/c1-7(8-3-4-10(27-2)9(5-8)6-11(25)26)23-24-17-15(21)13(19)12(18)14(20)16(17)22/h3-5,24H,6H2,1-2H3,(H,25,26)/p-1/b23-7-. The second-order valence-corrected chi connectivity index (χ2v) is 5.33. The van der Waals surface area contributed by atoms with Gasteiger partial charge in [0.1, 0.15) is 11.4 Å². The van der Waals surface area contributed by atoms with Crippen molar-refractivity contribution in [1.29, 1.82) is 0 Å². The van der Waals surface area contributed by atoms with Crippen molar-refractivity contribution in [2.45, 2.75) is 13.3 Å². The summed E-state index contributed by atoms with van der Waals surface area (Å²) in [6.07, 6.45) is -0.463. The highest BCUT2D eigenvalue weighted by Gasteiger charge is 2.25. The van der Waals surface area contributed by atoms with Gasteiger partial charge in [-0.1, -0.05) is 0 Å². The van der Waals surface area contributed by atoms with Crippen molar-refractivity contribution in [2.75, 3.05) is 12.5 Å². The van der Waals surface area contributed by atoms with E-state index in [1.54, 1.807) is 0 Å². The fraction of sp³-hybridized carbons (Fsp3) is 0.176. The summed E-state index contributed by atoms with van der Waals surface area (Å²) in [5.74, 6) is -11.7. The molecule has 0 bridgehead atoms. The minimum atomic E-state index is -2.28. The van der Waals surface area contributed by atoms with Crippen molar-refractivity contribution in [1.82, 2.24) is 0 Å². The molecule has 0 atom stereocenters. The number of anilines is 1. The first-order valence-electron chi connectivity index (χ1n) is 7.36. The van der Waals surface area contributed by atoms with E-state index < -0.39 is 47.2 Å². The number of halogens is 5. The molecule has 0 aliphatic carbocycles. The number of aliphatic carboxylic acids is 1. The van der Waals surface area contributed by atoms with Crippen molar-refractivity contribution in [3.8, 4) is 5.75 Å². The van der Waals surface area contributed by atoms with Crippen molar-refractivity contribution in [2.24, 2.45) is 5.10 Å². The summed E-state index contributed by atoms with van der Waals surface area (Å²) in [4.78, 5) is 10.8. The van der Waals surface area contributed by atoms with Gasteiger partial charge in [-0.05, 0) is 30.7 Å². The van der Waals surface area contributed by atoms with Gasteiger partial charge in [0, 0.05) is 18.0 Å². The molecule has 0 aliphatic heterocycles. The number of hydrogen-bond acceptors (Lipinski definition) is 5. The molecule has 0 unspecified atom stereocenters. The SMILES string of the molecule is COc1ccc(/C(C)=N\Nc2c(F)c(F)c(F)c(F)c2F)cc1CC(=O)[O-]. The van der Waals surface area contributed by atoms with E-state index in [1.165, 1.54) is 32.2 Å². The summed E-state index contributed by atoms with van der Waals surface area (Å²) in [7, 11) is 1.33. The molecular formula is C17H12F5N2O3-. The molecule has 5 nitrogen and oxygen atoms in total. The Bertz CT molecular complexity index is 902. The van der Waals surface area contributed by atoms with E-state index in [0.29, 0.717) is 5.56 Å². The highest BCUT2D eigenvalue weighted by atomic mass is 19.2. The molecule has 27 heavy (non-hydrogen) atoms. The van der Waals surface area contributed by atoms with Crippen LogP contribution in [0.4, 0.5) is 27.6 Å². The summed E-state index contributed by atoms with van der Waals surface area (Å²) < 4.78 is 71.6. The normalized spacial score (nSPS) is 11.4. The highest BCUT2D eigenvalue weighted by Crippen LogP contribution is 2.27. The number of methoxy groups -OCH3 is 1. The van der Waals surface area contributed by atoms with Crippen LogP contribution in [0, 0.1) is 29.1 Å². The number of carboxylic acids is 1. The topological polar surface area (TPSA) is 73.8 Å². The van der Waals surface area contributed by atoms with Gasteiger partial charge in [-0.25, -0.2) is 22.0 Å². The van der Waals surface area contributed by atoms with E-state index in [2.05, 4.69) is 5.10 Å². The summed E-state index contributed by atoms with van der Waals surface area (Å²) in [6, 6.07) is 4.29. The van der Waals surface area contributed by atoms with E-state index in [9.17, 15) is 31.9 Å². The van der Waals surface area contributed by atoms with Gasteiger partial charge in [0.15, 0.2) is 23.3 Å². The number of carbonyl (C=O) groups excluding carboxylic acids is 1. The number of nitrogens with one attached hydrogen (secondary N) is 1. The van der Waals surface area contributed by atoms with Crippen LogP contribution < -0.4 is 15.3 Å². The number of hydrazone groups is 1. The number of benzene rings is 2. The minimum Gasteiger partial charge on any atom is -0.550 e. The van der Waals surface area contributed by atoms with Crippen LogP contribution in [0.25, 0.3) is 0 Å². The summed E-state index contributed by atoms with van der Waals surface area (Å²) in [6.45, 7) is 1.38. The van der Waals surface area contributed by atoms with E-state index in [1.807, 2.05) is 5.43 Å². The number of carbonyl (C=O) groups is 1. The molecule has 10 heteroatoms. The number of carboxylic acid groups (broad SMARTS) is 1. The van der Waals surface area contributed by atoms with E-state index in [4.69, 9.17) is 4.74 Å². The van der Waals surface area contributed by atoms with E-state index in [0.717, 1.165) is 0 Å². The molecule has 2 aromatic rings. The van der Waals surface area contributed by atoms with E-state index in [-0.39, 0.29) is 17.0 Å². The average Bonchev–Trinajstić information content (AvgIpc) is 2.64. The lowest BCUT2D eigenvalue weighted by molar-refractivity contribution is -0.304. The van der Waals surface area contributed by atoms with Crippen LogP contribution in [0.1, 0.15) is 18.1 Å². The molecule has 0 heterocycles. The predicted octanol–water partition coefficient (Wildman–Crippen LogP) is 2.52. The Morgan fingerprint density at radius 2 is 1.63 bits per heavy atom. The first-order chi connectivity index (χ1) is 12.7. The fourth-order valence-electron chi connectivity index (χ4n) is 2.20. The second kappa shape index (κ2) is 8.02. The third kappa shape index (κ3) is 4.15. The maximum atomic E-state index is 13.6. The van der Waals surface area contributed by atoms with Crippen molar-refractivity contribution in [3.63, 3.8) is 0 Å². The number of hydrogen-bond donors (Lipinski definition) is 1. The zero-order chi connectivity index (χ0) is 20.3. The van der Waals surface area contributed by atoms with Crippen molar-refractivity contribution >= 4 is 17.4 Å². The molecule has 0 aliphatic rings. The zero-order valence-electron chi connectivity index (χ0n) is 14.0. The van der Waals surface area contributed by atoms with Gasteiger partial charge in [-0.15, -0.1) is 0 Å². The predicted molar refractivity (Wildman–Crippen MR) is 83.8 cm³/mol. The van der Waals surface area contributed by atoms with Gasteiger partial charge in [0.2, 0.25) is 5.82 Å². The second-order valence-electron chi connectivity index (χ2n) is 5.33. The Morgan fingerprint density at radius 3 is 2.15 bits per heavy atom. The molecule has 0 spiro atoms. The Morgan fingerprint density at radius 1 is 1.07 bits per heavy atom. The van der Waals surface area contributed by atoms with Crippen molar-refractivity contribution < 1.29 is 36.6 Å². The van der Waals surface area contributed by atoms with Gasteiger partial charge in [0.25, 0.3) is 0 Å². The summed E-state index contributed by atoms with van der Waals surface area (Å²) in [5.41, 5.74) is 1.16. The zero-order valence-corrected chi connectivity index (χ0v) is 14.0. The van der Waals surface area contributed by atoms with Crippen molar-refractivity contribution in [3.05, 3.63) is 58.4 Å². The van der Waals surface area contributed by atoms with Crippen LogP contribution in [0.5, 0.6) is 5.75 Å². The highest BCUT2D eigenvalue weighted by molar-refractivity contribution is 5.99. The molecule has 144 valence electrons. The molecule has 0 amide bonds. The third-order valence-corrected chi connectivity index (χ3v) is 3.58. The third-order valence-electron chi connectivity index (χ3n) is 3.58. The minimum absolute atomic E-state index is 0.0844. The average molecular weight is 387 g/mol. The Hall–Kier alpha value is -3.17. The molecule has 1 N–H and O–H groups in total. The molecule has 0 radical (unpaired) electrons. The maximum Gasteiger partial charge on any atom is 0.200 e. The molecular weight excluding hydrogens is 375 g/mol. The van der Waals surface area contributed by atoms with Crippen LogP contribution in [0.2, 0.25) is 0 Å². The fourth-order valence-corrected chi connectivity index (χ4v) is 2.20. The molecule has 2 rings (SSSR count). The van der Waals surface area contributed by atoms with Gasteiger partial charge < -0.3 is 14.6 Å². The summed E-state index contributed by atoms with van der Waals surface area (Å²) in [5, 5.41) is 14.4. The number of nitrogens with zero attached hydrogens (tertiary/aromatic N) is 1. The first-order valence-corrected chi connectivity index (χ1v) is 7.36. The quantitative estimate of drug-likeness (QED) is 0.272. The van der Waals surface area contributed by atoms with Crippen LogP contribution in [0.15, 0.2) is 23.3 Å². The maximum absolute atomic E-state index is 13.6. The molecule has 0 saturated heterocycles. The smallest absolute Gasteiger partial charge is 0.200 e. The molecule has 0 aromatic heterocycles. The van der Waals surface area contributed by atoms with Crippen LogP contribution in [0.3, 0.4) is 0 Å². The lowest BCUT2D eigenvalue weighted by Gasteiger charge is -2.12. The monoisotopic (exact) mass is 387 g/mol. The van der Waals surface area contributed by atoms with Crippen LogP contribution >= 0.6 is 0 Å². The Labute approximate surface area is 150 Å². The summed E-state index contributed by atoms with van der Waals surface area (Å²) >= 11 is 0. The van der Waals surface area contributed by atoms with Gasteiger partial charge >= 0.3 is 0 Å². The van der Waals surface area contributed by atoms with Crippen LogP contribution in [-0.4, -0.2) is 18.8 Å². The molecule has 0 fully saturated rings. The Balaban J connectivity index is 2.38. The number of rotatable bonds is 6.